The predicted octanol–water partition coefficient (Wildman–Crippen LogP) is 2.24. The van der Waals surface area contributed by atoms with Crippen molar-refractivity contribution in [1.29, 1.82) is 0 Å². The molecule has 0 aliphatic carbocycles. The summed E-state index contributed by atoms with van der Waals surface area (Å²) in [4.78, 5) is 17.1. The van der Waals surface area contributed by atoms with Crippen LogP contribution in [0.5, 0.6) is 11.5 Å². The molecule has 1 atom stereocenters. The van der Waals surface area contributed by atoms with Gasteiger partial charge >= 0.3 is 0 Å². The van der Waals surface area contributed by atoms with Gasteiger partial charge in [-0.2, -0.15) is 11.3 Å². The van der Waals surface area contributed by atoms with Crippen LogP contribution in [0.15, 0.2) is 41.1 Å². The topological polar surface area (TPSA) is 54.0 Å². The predicted molar refractivity (Wildman–Crippen MR) is 108 cm³/mol. The molecule has 2 heterocycles. The summed E-state index contributed by atoms with van der Waals surface area (Å²) in [5.41, 5.74) is 1.26. The largest absolute Gasteiger partial charge is 0.497 e. The standard InChI is InChI=1S/C20H27N3O3S/c1-22-8-10-23(11-9-22)19(16-7-12-27-15-16)13-21-20(24)14-26-18-5-3-17(25-2)4-6-18/h3-7,12,15,19H,8-11,13-14H2,1-2H3,(H,21,24)/t19-/m1/s1. The highest BCUT2D eigenvalue weighted by atomic mass is 32.1. The molecule has 1 aliphatic heterocycles. The number of benzene rings is 1. The van der Waals surface area contributed by atoms with Crippen molar-refractivity contribution in [3.63, 3.8) is 0 Å². The summed E-state index contributed by atoms with van der Waals surface area (Å²) in [6.07, 6.45) is 0. The van der Waals surface area contributed by atoms with Gasteiger partial charge in [-0.05, 0) is 53.7 Å². The molecule has 0 bridgehead atoms. The molecule has 3 rings (SSSR count). The van der Waals surface area contributed by atoms with Crippen LogP contribution >= 0.6 is 11.3 Å². The maximum Gasteiger partial charge on any atom is 0.258 e. The molecule has 1 amide bonds. The number of carbonyl (C=O) groups is 1. The van der Waals surface area contributed by atoms with E-state index in [1.165, 1.54) is 5.56 Å². The minimum Gasteiger partial charge on any atom is -0.497 e. The Morgan fingerprint density at radius 2 is 1.85 bits per heavy atom. The highest BCUT2D eigenvalue weighted by molar-refractivity contribution is 7.07. The number of piperazine rings is 1. The van der Waals surface area contributed by atoms with E-state index in [4.69, 9.17) is 9.47 Å². The third-order valence-electron chi connectivity index (χ3n) is 4.83. The van der Waals surface area contributed by atoms with Gasteiger partial charge in [-0.3, -0.25) is 9.69 Å². The molecule has 1 fully saturated rings. The molecule has 0 unspecified atom stereocenters. The van der Waals surface area contributed by atoms with E-state index in [0.29, 0.717) is 12.3 Å². The average molecular weight is 390 g/mol. The molecule has 6 nitrogen and oxygen atoms in total. The molecule has 1 N–H and O–H groups in total. The number of hydrogen-bond donors (Lipinski definition) is 1. The van der Waals surface area contributed by atoms with Crippen LogP contribution in [0.25, 0.3) is 0 Å². The number of thiophene rings is 1. The summed E-state index contributed by atoms with van der Waals surface area (Å²) in [5.74, 6) is 1.30. The van der Waals surface area contributed by atoms with E-state index in [0.717, 1.165) is 31.9 Å². The van der Waals surface area contributed by atoms with Crippen molar-refractivity contribution in [2.24, 2.45) is 0 Å². The molecule has 146 valence electrons. The molecule has 27 heavy (non-hydrogen) atoms. The van der Waals surface area contributed by atoms with Gasteiger partial charge in [-0.1, -0.05) is 0 Å². The van der Waals surface area contributed by atoms with Gasteiger partial charge in [0.05, 0.1) is 13.2 Å². The normalized spacial score (nSPS) is 16.7. The lowest BCUT2D eigenvalue weighted by Gasteiger charge is -2.38. The number of rotatable bonds is 8. The summed E-state index contributed by atoms with van der Waals surface area (Å²) in [7, 11) is 3.77. The lowest BCUT2D eigenvalue weighted by molar-refractivity contribution is -0.123. The smallest absolute Gasteiger partial charge is 0.258 e. The van der Waals surface area contributed by atoms with Crippen LogP contribution in [0.2, 0.25) is 0 Å². The first-order valence-corrected chi connectivity index (χ1v) is 10.1. The minimum absolute atomic E-state index is 0.00538. The Balaban J connectivity index is 1.51. The summed E-state index contributed by atoms with van der Waals surface area (Å²) in [5, 5.41) is 7.29. The van der Waals surface area contributed by atoms with Crippen LogP contribution in [0.3, 0.4) is 0 Å². The number of likely N-dealkylation sites (N-methyl/N-ethyl adjacent to an activating group) is 1. The zero-order chi connectivity index (χ0) is 19.1. The summed E-state index contributed by atoms with van der Waals surface area (Å²) >= 11 is 1.69. The van der Waals surface area contributed by atoms with Gasteiger partial charge in [0.1, 0.15) is 11.5 Å². The van der Waals surface area contributed by atoms with Gasteiger partial charge in [-0.25, -0.2) is 0 Å². The van der Waals surface area contributed by atoms with Gasteiger partial charge in [0.15, 0.2) is 6.61 Å². The van der Waals surface area contributed by atoms with E-state index in [9.17, 15) is 4.79 Å². The molecule has 1 aromatic carbocycles. The first-order valence-electron chi connectivity index (χ1n) is 9.14. The Bertz CT molecular complexity index is 698. The number of hydrogen-bond acceptors (Lipinski definition) is 6. The second-order valence-electron chi connectivity index (χ2n) is 6.68. The molecule has 7 heteroatoms. The number of carbonyl (C=O) groups excluding carboxylic acids is 1. The van der Waals surface area contributed by atoms with E-state index < -0.39 is 0 Å². The zero-order valence-electron chi connectivity index (χ0n) is 15.9. The molecular formula is C20H27N3O3S. The van der Waals surface area contributed by atoms with Crippen molar-refractivity contribution in [1.82, 2.24) is 15.1 Å². The van der Waals surface area contributed by atoms with Crippen molar-refractivity contribution in [2.75, 3.05) is 53.5 Å². The number of ether oxygens (including phenoxy) is 2. The van der Waals surface area contributed by atoms with E-state index >= 15 is 0 Å². The molecule has 1 aliphatic rings. The second kappa shape index (κ2) is 9.73. The van der Waals surface area contributed by atoms with E-state index in [1.807, 2.05) is 12.1 Å². The lowest BCUT2D eigenvalue weighted by Crippen LogP contribution is -2.48. The van der Waals surface area contributed by atoms with Gasteiger partial charge in [0.2, 0.25) is 0 Å². The highest BCUT2D eigenvalue weighted by Crippen LogP contribution is 2.23. The summed E-state index contributed by atoms with van der Waals surface area (Å²) in [6, 6.07) is 9.57. The summed E-state index contributed by atoms with van der Waals surface area (Å²) in [6.45, 7) is 4.71. The molecule has 2 aromatic rings. The van der Waals surface area contributed by atoms with Gasteiger partial charge in [0.25, 0.3) is 5.91 Å². The highest BCUT2D eigenvalue weighted by Gasteiger charge is 2.24. The van der Waals surface area contributed by atoms with E-state index in [-0.39, 0.29) is 18.6 Å². The SMILES string of the molecule is COc1ccc(OCC(=O)NC[C@H](c2ccsc2)N2CCN(C)CC2)cc1. The van der Waals surface area contributed by atoms with Gasteiger partial charge < -0.3 is 19.7 Å². The fourth-order valence-electron chi connectivity index (χ4n) is 3.14. The first kappa shape index (κ1) is 19.7. The maximum absolute atomic E-state index is 12.3. The van der Waals surface area contributed by atoms with Crippen molar-refractivity contribution in [3.8, 4) is 11.5 Å². The molecule has 0 spiro atoms. The van der Waals surface area contributed by atoms with Crippen LogP contribution in [0, 0.1) is 0 Å². The van der Waals surface area contributed by atoms with Crippen molar-refractivity contribution in [2.45, 2.75) is 6.04 Å². The van der Waals surface area contributed by atoms with Gasteiger partial charge in [0, 0.05) is 32.7 Å². The van der Waals surface area contributed by atoms with E-state index in [1.54, 1.807) is 30.6 Å². The third kappa shape index (κ3) is 5.69. The third-order valence-corrected chi connectivity index (χ3v) is 5.53. The fraction of sp³-hybridized carbons (Fsp3) is 0.450. The molecule has 0 radical (unpaired) electrons. The fourth-order valence-corrected chi connectivity index (χ4v) is 3.85. The van der Waals surface area contributed by atoms with E-state index in [2.05, 4.69) is 39.0 Å². The van der Waals surface area contributed by atoms with Crippen molar-refractivity contribution in [3.05, 3.63) is 46.7 Å². The van der Waals surface area contributed by atoms with Crippen molar-refractivity contribution < 1.29 is 14.3 Å². The van der Waals surface area contributed by atoms with Crippen LogP contribution in [-0.4, -0.2) is 69.2 Å². The molecule has 1 saturated heterocycles. The Hall–Kier alpha value is -2.09. The summed E-state index contributed by atoms with van der Waals surface area (Å²) < 4.78 is 10.7. The van der Waals surface area contributed by atoms with Crippen LogP contribution < -0.4 is 14.8 Å². The van der Waals surface area contributed by atoms with Crippen LogP contribution in [0.4, 0.5) is 0 Å². The number of amides is 1. The monoisotopic (exact) mass is 389 g/mol. The zero-order valence-corrected chi connectivity index (χ0v) is 16.7. The Kier molecular flexibility index (Phi) is 7.09. The Morgan fingerprint density at radius 3 is 2.48 bits per heavy atom. The number of methoxy groups -OCH3 is 1. The molecule has 0 saturated carbocycles. The Labute approximate surface area is 164 Å². The first-order chi connectivity index (χ1) is 13.2. The number of nitrogens with one attached hydrogen (secondary N) is 1. The maximum atomic E-state index is 12.3. The van der Waals surface area contributed by atoms with Crippen LogP contribution in [0.1, 0.15) is 11.6 Å². The molecular weight excluding hydrogens is 362 g/mol. The Morgan fingerprint density at radius 1 is 1.15 bits per heavy atom. The quantitative estimate of drug-likeness (QED) is 0.750. The molecule has 1 aromatic heterocycles. The second-order valence-corrected chi connectivity index (χ2v) is 7.46. The van der Waals surface area contributed by atoms with Gasteiger partial charge in [-0.15, -0.1) is 0 Å². The number of nitrogens with zero attached hydrogens (tertiary/aromatic N) is 2. The van der Waals surface area contributed by atoms with Crippen molar-refractivity contribution >= 4 is 17.2 Å². The lowest BCUT2D eigenvalue weighted by atomic mass is 10.1. The average Bonchev–Trinajstić information content (AvgIpc) is 3.23. The van der Waals surface area contributed by atoms with Crippen LogP contribution in [-0.2, 0) is 4.79 Å². The minimum atomic E-state index is -0.111.